The molecule has 0 radical (unpaired) electrons. The molecule has 0 aromatic heterocycles. The van der Waals surface area contributed by atoms with Crippen molar-refractivity contribution in [2.45, 2.75) is 38.1 Å². The minimum absolute atomic E-state index is 0.0512. The van der Waals surface area contributed by atoms with E-state index in [-0.39, 0.29) is 17.6 Å². The molecule has 0 heterocycles. The van der Waals surface area contributed by atoms with Crippen LogP contribution in [0.15, 0.2) is 29.8 Å². The second-order valence-corrected chi connectivity index (χ2v) is 4.93. The minimum Gasteiger partial charge on any atom is -0.494 e. The third kappa shape index (κ3) is 3.55. The third-order valence-corrected chi connectivity index (χ3v) is 3.63. The van der Waals surface area contributed by atoms with Crippen molar-refractivity contribution in [1.82, 2.24) is 5.43 Å². The van der Waals surface area contributed by atoms with Gasteiger partial charge in [0.05, 0.1) is 7.11 Å². The Morgan fingerprint density at radius 3 is 2.84 bits per heavy atom. The summed E-state index contributed by atoms with van der Waals surface area (Å²) in [6.45, 7) is 0. The highest BCUT2D eigenvalue weighted by molar-refractivity contribution is 5.31. The van der Waals surface area contributed by atoms with Gasteiger partial charge in [-0.2, -0.15) is 0 Å². The summed E-state index contributed by atoms with van der Waals surface area (Å²) in [4.78, 5) is 0. The van der Waals surface area contributed by atoms with Gasteiger partial charge in [0.15, 0.2) is 11.6 Å². The first-order valence-electron chi connectivity index (χ1n) is 6.72. The molecule has 3 nitrogen and oxygen atoms in total. The molecular weight excluding hydrogens is 243 g/mol. The Balaban J connectivity index is 2.12. The van der Waals surface area contributed by atoms with Crippen LogP contribution in [0.2, 0.25) is 0 Å². The van der Waals surface area contributed by atoms with Crippen LogP contribution < -0.4 is 16.0 Å². The van der Waals surface area contributed by atoms with Crippen LogP contribution in [-0.2, 0) is 0 Å². The monoisotopic (exact) mass is 264 g/mol. The van der Waals surface area contributed by atoms with E-state index in [1.165, 1.54) is 31.6 Å². The van der Waals surface area contributed by atoms with Crippen molar-refractivity contribution in [1.29, 1.82) is 0 Å². The number of halogens is 1. The normalized spacial score (nSPS) is 16.9. The Bertz CT molecular complexity index is 459. The SMILES string of the molecule is COc1ccc(C(CC2=CCCCC2)NN)cc1F. The molecule has 3 N–H and O–H groups in total. The van der Waals surface area contributed by atoms with Crippen LogP contribution in [0.4, 0.5) is 4.39 Å². The van der Waals surface area contributed by atoms with Gasteiger partial charge in [-0.15, -0.1) is 0 Å². The number of nitrogens with two attached hydrogens (primary N) is 1. The first-order valence-corrected chi connectivity index (χ1v) is 6.72. The molecule has 1 aliphatic rings. The summed E-state index contributed by atoms with van der Waals surface area (Å²) in [6, 6.07) is 4.94. The average Bonchev–Trinajstić information content (AvgIpc) is 2.46. The first kappa shape index (κ1) is 14.0. The highest BCUT2D eigenvalue weighted by Crippen LogP contribution is 2.29. The molecule has 1 aromatic rings. The fourth-order valence-corrected chi connectivity index (χ4v) is 2.52. The minimum atomic E-state index is -0.349. The van der Waals surface area contributed by atoms with E-state index in [9.17, 15) is 4.39 Å². The Morgan fingerprint density at radius 1 is 1.42 bits per heavy atom. The number of nitrogens with one attached hydrogen (secondary N) is 1. The van der Waals surface area contributed by atoms with E-state index >= 15 is 0 Å². The number of allylic oxidation sites excluding steroid dienone is 1. The van der Waals surface area contributed by atoms with Crippen LogP contribution in [-0.4, -0.2) is 7.11 Å². The standard InChI is InChI=1S/C15H21FN2O/c1-19-15-8-7-12(10-13(15)16)14(18-17)9-11-5-3-2-4-6-11/h5,7-8,10,14,18H,2-4,6,9,17H2,1H3. The number of ether oxygens (including phenoxy) is 1. The van der Waals surface area contributed by atoms with Crippen LogP contribution in [0.1, 0.15) is 43.7 Å². The lowest BCUT2D eigenvalue weighted by Gasteiger charge is -2.21. The van der Waals surface area contributed by atoms with Crippen LogP contribution in [0.3, 0.4) is 0 Å². The summed E-state index contributed by atoms with van der Waals surface area (Å²) in [7, 11) is 1.46. The zero-order chi connectivity index (χ0) is 13.7. The number of rotatable bonds is 5. The summed E-state index contributed by atoms with van der Waals surface area (Å²) >= 11 is 0. The molecule has 2 rings (SSSR count). The van der Waals surface area contributed by atoms with Crippen LogP contribution >= 0.6 is 0 Å². The van der Waals surface area contributed by atoms with Crippen LogP contribution in [0, 0.1) is 5.82 Å². The average molecular weight is 264 g/mol. The molecular formula is C15H21FN2O. The zero-order valence-corrected chi connectivity index (χ0v) is 11.3. The Labute approximate surface area is 113 Å². The van der Waals surface area contributed by atoms with Crippen molar-refractivity contribution >= 4 is 0 Å². The Hall–Kier alpha value is -1.39. The van der Waals surface area contributed by atoms with E-state index in [1.54, 1.807) is 6.07 Å². The topological polar surface area (TPSA) is 47.3 Å². The molecule has 4 heteroatoms. The van der Waals surface area contributed by atoms with E-state index < -0.39 is 0 Å². The second kappa shape index (κ2) is 6.68. The lowest BCUT2D eigenvalue weighted by molar-refractivity contribution is 0.385. The molecule has 104 valence electrons. The van der Waals surface area contributed by atoms with Gasteiger partial charge in [0.25, 0.3) is 0 Å². The smallest absolute Gasteiger partial charge is 0.165 e. The number of hydrazine groups is 1. The maximum absolute atomic E-state index is 13.7. The van der Waals surface area contributed by atoms with E-state index in [0.29, 0.717) is 0 Å². The predicted octanol–water partition coefficient (Wildman–Crippen LogP) is 3.23. The van der Waals surface area contributed by atoms with E-state index in [0.717, 1.165) is 24.8 Å². The van der Waals surface area contributed by atoms with Crippen molar-refractivity contribution in [2.24, 2.45) is 5.84 Å². The molecule has 19 heavy (non-hydrogen) atoms. The third-order valence-electron chi connectivity index (χ3n) is 3.63. The largest absolute Gasteiger partial charge is 0.494 e. The maximum Gasteiger partial charge on any atom is 0.165 e. The predicted molar refractivity (Wildman–Crippen MR) is 74.2 cm³/mol. The Kier molecular flexibility index (Phi) is 4.93. The van der Waals surface area contributed by atoms with Gasteiger partial charge in [-0.1, -0.05) is 17.7 Å². The van der Waals surface area contributed by atoms with Gasteiger partial charge >= 0.3 is 0 Å². The summed E-state index contributed by atoms with van der Waals surface area (Å²) in [5, 5.41) is 0. The van der Waals surface area contributed by atoms with E-state index in [4.69, 9.17) is 10.6 Å². The molecule has 1 aromatic carbocycles. The fraction of sp³-hybridized carbons (Fsp3) is 0.467. The van der Waals surface area contributed by atoms with Crippen molar-refractivity contribution in [3.63, 3.8) is 0 Å². The van der Waals surface area contributed by atoms with Crippen LogP contribution in [0.25, 0.3) is 0 Å². The lowest BCUT2D eigenvalue weighted by atomic mass is 9.92. The molecule has 0 bridgehead atoms. The number of benzene rings is 1. The molecule has 1 atom stereocenters. The molecule has 0 spiro atoms. The van der Waals surface area contributed by atoms with Gasteiger partial charge in [0.1, 0.15) is 0 Å². The van der Waals surface area contributed by atoms with E-state index in [2.05, 4.69) is 11.5 Å². The highest BCUT2D eigenvalue weighted by Gasteiger charge is 2.15. The first-order chi connectivity index (χ1) is 9.24. The zero-order valence-electron chi connectivity index (χ0n) is 11.3. The number of methoxy groups -OCH3 is 1. The van der Waals surface area contributed by atoms with Crippen molar-refractivity contribution in [3.05, 3.63) is 41.2 Å². The van der Waals surface area contributed by atoms with Gasteiger partial charge in [-0.3, -0.25) is 11.3 Å². The number of hydrogen-bond acceptors (Lipinski definition) is 3. The van der Waals surface area contributed by atoms with Crippen molar-refractivity contribution < 1.29 is 9.13 Å². The molecule has 0 aliphatic heterocycles. The van der Waals surface area contributed by atoms with Gasteiger partial charge in [0.2, 0.25) is 0 Å². The van der Waals surface area contributed by atoms with E-state index in [1.807, 2.05) is 6.07 Å². The highest BCUT2D eigenvalue weighted by atomic mass is 19.1. The molecule has 0 fully saturated rings. The fourth-order valence-electron chi connectivity index (χ4n) is 2.52. The van der Waals surface area contributed by atoms with Gasteiger partial charge in [-0.25, -0.2) is 4.39 Å². The van der Waals surface area contributed by atoms with Crippen LogP contribution in [0.5, 0.6) is 5.75 Å². The summed E-state index contributed by atoms with van der Waals surface area (Å²) in [5.74, 6) is 5.52. The summed E-state index contributed by atoms with van der Waals surface area (Å²) in [5.41, 5.74) is 5.04. The van der Waals surface area contributed by atoms with Gasteiger partial charge in [-0.05, 0) is 49.8 Å². The van der Waals surface area contributed by atoms with Crippen molar-refractivity contribution in [3.8, 4) is 5.75 Å². The lowest BCUT2D eigenvalue weighted by Crippen LogP contribution is -2.28. The molecule has 0 saturated carbocycles. The summed E-state index contributed by atoms with van der Waals surface area (Å²) in [6.07, 6.45) is 7.89. The summed E-state index contributed by atoms with van der Waals surface area (Å²) < 4.78 is 18.6. The Morgan fingerprint density at radius 2 is 2.26 bits per heavy atom. The molecule has 0 saturated heterocycles. The quantitative estimate of drug-likeness (QED) is 0.487. The molecule has 1 aliphatic carbocycles. The van der Waals surface area contributed by atoms with Crippen molar-refractivity contribution in [2.75, 3.05) is 7.11 Å². The second-order valence-electron chi connectivity index (χ2n) is 4.93. The van der Waals surface area contributed by atoms with Gasteiger partial charge in [0, 0.05) is 6.04 Å². The maximum atomic E-state index is 13.7. The van der Waals surface area contributed by atoms with Gasteiger partial charge < -0.3 is 4.74 Å². The molecule has 0 amide bonds. The molecule has 1 unspecified atom stereocenters. The number of hydrogen-bond donors (Lipinski definition) is 2.